The largest absolute Gasteiger partial charge is 0.465 e. The number of fused-ring (bicyclic) bond motifs is 4. The van der Waals surface area contributed by atoms with Crippen LogP contribution in [0.4, 0.5) is 0 Å². The third-order valence-electron chi connectivity index (χ3n) is 6.76. The maximum Gasteiger partial charge on any atom is 0.323 e. The summed E-state index contributed by atoms with van der Waals surface area (Å²) >= 11 is 0. The lowest BCUT2D eigenvalue weighted by Gasteiger charge is -2.72. The van der Waals surface area contributed by atoms with Crippen molar-refractivity contribution in [1.82, 2.24) is 5.32 Å². The maximum atomic E-state index is 13.4. The van der Waals surface area contributed by atoms with Crippen molar-refractivity contribution in [2.45, 2.75) is 63.4 Å². The Kier molecular flexibility index (Phi) is 4.55. The molecule has 0 unspecified atom stereocenters. The zero-order valence-corrected chi connectivity index (χ0v) is 18.5. The molecular formula is C22H29NO5Si. The number of amides is 1. The van der Waals surface area contributed by atoms with Crippen LogP contribution in [0.25, 0.3) is 0 Å². The molecular weight excluding hydrogens is 386 g/mol. The van der Waals surface area contributed by atoms with E-state index in [2.05, 4.69) is 25.0 Å². The minimum atomic E-state index is -2.09. The molecule has 1 heterocycles. The fourth-order valence-corrected chi connectivity index (χ4v) is 7.72. The highest BCUT2D eigenvalue weighted by Gasteiger charge is 2.91. The molecule has 0 bridgehead atoms. The number of nitrogens with one attached hydrogen (secondary N) is 1. The van der Waals surface area contributed by atoms with E-state index in [4.69, 9.17) is 9.16 Å². The molecule has 7 heteroatoms. The second-order valence-electron chi connectivity index (χ2n) is 9.33. The van der Waals surface area contributed by atoms with E-state index < -0.39 is 42.5 Å². The summed E-state index contributed by atoms with van der Waals surface area (Å²) in [6.45, 7) is 8.19. The zero-order chi connectivity index (χ0) is 21.1. The Hall–Kier alpha value is -1.99. The van der Waals surface area contributed by atoms with Gasteiger partial charge in [0.1, 0.15) is 5.54 Å². The molecule has 1 saturated heterocycles. The van der Waals surface area contributed by atoms with Gasteiger partial charge in [-0.05, 0) is 45.0 Å². The molecule has 3 fully saturated rings. The highest BCUT2D eigenvalue weighted by atomic mass is 28.4. The SMILES string of the molecule is CCOC(=O)[C@@]12C(=O)C(=O)N[C@]1(c1ccccc1)[C@]1(O[Si](C)(C)C)CCCC[C@H]21. The van der Waals surface area contributed by atoms with E-state index in [1.807, 2.05) is 30.3 Å². The first-order valence-corrected chi connectivity index (χ1v) is 13.9. The number of hydrogen-bond acceptors (Lipinski definition) is 5. The first kappa shape index (κ1) is 20.3. The van der Waals surface area contributed by atoms with E-state index >= 15 is 0 Å². The van der Waals surface area contributed by atoms with Gasteiger partial charge < -0.3 is 14.5 Å². The molecule has 156 valence electrons. The number of Topliss-reactive ketones (excluding diaryl/α,β-unsaturated/α-hetero) is 1. The number of rotatable bonds is 5. The number of ketones is 1. The minimum absolute atomic E-state index is 0.154. The average molecular weight is 416 g/mol. The molecule has 3 aliphatic rings. The summed E-state index contributed by atoms with van der Waals surface area (Å²) in [4.78, 5) is 39.7. The first-order chi connectivity index (χ1) is 13.7. The maximum absolute atomic E-state index is 13.4. The number of hydrogen-bond donors (Lipinski definition) is 1. The highest BCUT2D eigenvalue weighted by molar-refractivity contribution is 6.70. The van der Waals surface area contributed by atoms with Gasteiger partial charge in [0.05, 0.1) is 12.2 Å². The predicted molar refractivity (Wildman–Crippen MR) is 109 cm³/mol. The summed E-state index contributed by atoms with van der Waals surface area (Å²) in [5.41, 5.74) is -2.84. The Bertz CT molecular complexity index is 866. The molecule has 0 spiro atoms. The standard InChI is InChI=1S/C22H29NO5Si/c1-5-27-19(26)21-16-13-9-10-14-20(16,28-29(2,3)4)22(21,23-18(25)17(21)24)15-11-7-6-8-12-15/h6-8,11-12,16H,5,9-10,13-14H2,1-4H3,(H,23,25)/t16-,20-,21+,22+/m0/s1. The highest BCUT2D eigenvalue weighted by Crippen LogP contribution is 2.74. The van der Waals surface area contributed by atoms with Gasteiger partial charge in [0.25, 0.3) is 5.91 Å². The van der Waals surface area contributed by atoms with Gasteiger partial charge in [0.15, 0.2) is 13.7 Å². The van der Waals surface area contributed by atoms with Crippen molar-refractivity contribution in [1.29, 1.82) is 0 Å². The predicted octanol–water partition coefficient (Wildman–Crippen LogP) is 2.92. The van der Waals surface area contributed by atoms with Crippen LogP contribution in [0.2, 0.25) is 19.6 Å². The lowest BCUT2D eigenvalue weighted by Crippen LogP contribution is -2.86. The fourth-order valence-electron chi connectivity index (χ4n) is 6.23. The molecule has 1 aromatic carbocycles. The van der Waals surface area contributed by atoms with Crippen LogP contribution < -0.4 is 5.32 Å². The van der Waals surface area contributed by atoms with Gasteiger partial charge in [-0.1, -0.05) is 43.2 Å². The number of esters is 1. The van der Waals surface area contributed by atoms with E-state index in [-0.39, 0.29) is 12.5 Å². The van der Waals surface area contributed by atoms with Crippen LogP contribution >= 0.6 is 0 Å². The van der Waals surface area contributed by atoms with Crippen LogP contribution in [0.1, 0.15) is 38.2 Å². The van der Waals surface area contributed by atoms with Crippen LogP contribution in [-0.4, -0.2) is 38.2 Å². The van der Waals surface area contributed by atoms with Crippen LogP contribution in [0, 0.1) is 11.3 Å². The van der Waals surface area contributed by atoms with Gasteiger partial charge in [-0.3, -0.25) is 14.4 Å². The van der Waals surface area contributed by atoms with Gasteiger partial charge in [-0.2, -0.15) is 0 Å². The third kappa shape index (κ3) is 2.34. The van der Waals surface area contributed by atoms with Crippen molar-refractivity contribution in [2.24, 2.45) is 11.3 Å². The van der Waals surface area contributed by atoms with Crippen molar-refractivity contribution >= 4 is 26.0 Å². The van der Waals surface area contributed by atoms with Gasteiger partial charge in [0.2, 0.25) is 5.78 Å². The first-order valence-electron chi connectivity index (χ1n) is 10.5. The summed E-state index contributed by atoms with van der Waals surface area (Å²) < 4.78 is 12.3. The summed E-state index contributed by atoms with van der Waals surface area (Å²) in [6.07, 6.45) is 3.19. The Morgan fingerprint density at radius 1 is 1.17 bits per heavy atom. The Morgan fingerprint density at radius 3 is 2.48 bits per heavy atom. The number of ether oxygens (including phenoxy) is 1. The topological polar surface area (TPSA) is 81.7 Å². The molecule has 1 N–H and O–H groups in total. The molecule has 29 heavy (non-hydrogen) atoms. The average Bonchev–Trinajstić information content (AvgIpc) is 2.88. The van der Waals surface area contributed by atoms with E-state index in [9.17, 15) is 14.4 Å². The van der Waals surface area contributed by atoms with Crippen molar-refractivity contribution < 1.29 is 23.5 Å². The zero-order valence-electron chi connectivity index (χ0n) is 17.5. The summed E-state index contributed by atoms with van der Waals surface area (Å²) in [6, 6.07) is 9.38. The molecule has 0 radical (unpaired) electrons. The molecule has 2 saturated carbocycles. The summed E-state index contributed by atoms with van der Waals surface area (Å²) in [5, 5.41) is 2.98. The quantitative estimate of drug-likeness (QED) is 0.346. The van der Waals surface area contributed by atoms with Crippen LogP contribution in [0.3, 0.4) is 0 Å². The van der Waals surface area contributed by atoms with Gasteiger partial charge in [-0.25, -0.2) is 0 Å². The fraction of sp³-hybridized carbons (Fsp3) is 0.591. The van der Waals surface area contributed by atoms with E-state index in [1.54, 1.807) is 6.92 Å². The van der Waals surface area contributed by atoms with E-state index in [0.29, 0.717) is 12.8 Å². The lowest BCUT2D eigenvalue weighted by molar-refractivity contribution is -0.268. The Balaban J connectivity index is 2.03. The second-order valence-corrected chi connectivity index (χ2v) is 13.8. The molecule has 2 aliphatic carbocycles. The molecule has 0 aromatic heterocycles. The smallest absolute Gasteiger partial charge is 0.323 e. The summed E-state index contributed by atoms with van der Waals surface area (Å²) in [5.74, 6) is -2.37. The molecule has 1 aromatic rings. The molecule has 1 aliphatic heterocycles. The lowest BCUT2D eigenvalue weighted by atomic mass is 9.35. The van der Waals surface area contributed by atoms with E-state index in [0.717, 1.165) is 18.4 Å². The summed E-state index contributed by atoms with van der Waals surface area (Å²) in [7, 11) is -2.09. The van der Waals surface area contributed by atoms with Crippen LogP contribution in [0.5, 0.6) is 0 Å². The van der Waals surface area contributed by atoms with Crippen molar-refractivity contribution in [3.05, 3.63) is 35.9 Å². The van der Waals surface area contributed by atoms with Crippen molar-refractivity contribution in [3.8, 4) is 0 Å². The van der Waals surface area contributed by atoms with Gasteiger partial charge in [0, 0.05) is 5.92 Å². The Morgan fingerprint density at radius 2 is 1.86 bits per heavy atom. The van der Waals surface area contributed by atoms with E-state index in [1.165, 1.54) is 0 Å². The molecule has 4 atom stereocenters. The van der Waals surface area contributed by atoms with Crippen molar-refractivity contribution in [2.75, 3.05) is 6.61 Å². The van der Waals surface area contributed by atoms with Crippen LogP contribution in [-0.2, 0) is 29.1 Å². The second kappa shape index (κ2) is 6.50. The van der Waals surface area contributed by atoms with Gasteiger partial charge >= 0.3 is 5.97 Å². The molecule has 4 rings (SSSR count). The molecule has 1 amide bonds. The Labute approximate surface area is 172 Å². The monoisotopic (exact) mass is 415 g/mol. The van der Waals surface area contributed by atoms with Crippen molar-refractivity contribution in [3.63, 3.8) is 0 Å². The molecule has 6 nitrogen and oxygen atoms in total. The number of carbonyl (C=O) groups is 3. The van der Waals surface area contributed by atoms with Gasteiger partial charge in [-0.15, -0.1) is 0 Å². The van der Waals surface area contributed by atoms with Crippen LogP contribution in [0.15, 0.2) is 30.3 Å². The number of carbonyl (C=O) groups excluding carboxylic acids is 3. The third-order valence-corrected chi connectivity index (χ3v) is 7.74. The number of benzene rings is 1. The normalized spacial score (nSPS) is 35.9. The minimum Gasteiger partial charge on any atom is -0.465 e.